The molecule has 25 heavy (non-hydrogen) atoms. The van der Waals surface area contributed by atoms with E-state index in [4.69, 9.17) is 17.3 Å². The van der Waals surface area contributed by atoms with E-state index < -0.39 is 9.84 Å². The Morgan fingerprint density at radius 1 is 1.12 bits per heavy atom. The first kappa shape index (κ1) is 16.0. The van der Waals surface area contributed by atoms with Crippen LogP contribution in [0.1, 0.15) is 11.1 Å². The van der Waals surface area contributed by atoms with Gasteiger partial charge < -0.3 is 5.73 Å². The highest BCUT2D eigenvalue weighted by molar-refractivity contribution is 7.92. The summed E-state index contributed by atoms with van der Waals surface area (Å²) in [5, 5.41) is 7.10. The van der Waals surface area contributed by atoms with Crippen molar-refractivity contribution in [2.45, 2.75) is 23.6 Å². The topological polar surface area (TPSA) is 92.1 Å². The quantitative estimate of drug-likeness (QED) is 0.527. The summed E-state index contributed by atoms with van der Waals surface area (Å²) in [5.74, 6) is 0.275. The van der Waals surface area contributed by atoms with Gasteiger partial charge in [0.05, 0.1) is 16.3 Å². The molecule has 1 aliphatic rings. The third kappa shape index (κ3) is 2.23. The number of rotatable bonds is 1. The highest BCUT2D eigenvalue weighted by Gasteiger charge is 2.39. The molecule has 0 radical (unpaired) electrons. The van der Waals surface area contributed by atoms with Gasteiger partial charge in [-0.25, -0.2) is 8.42 Å². The molecule has 1 aromatic heterocycles. The Bertz CT molecular complexity index is 1120. The highest BCUT2D eigenvalue weighted by Crippen LogP contribution is 2.50. The number of aromatic nitrogens is 2. The molecular weight excluding hydrogens is 360 g/mol. The van der Waals surface area contributed by atoms with Gasteiger partial charge in [0, 0.05) is 5.02 Å². The molecule has 0 atom stereocenters. The van der Waals surface area contributed by atoms with Crippen LogP contribution in [0.25, 0.3) is 0 Å². The summed E-state index contributed by atoms with van der Waals surface area (Å²) in [6, 6.07) is 10.8. The van der Waals surface area contributed by atoms with Gasteiger partial charge in [-0.3, -0.25) is 10.00 Å². The lowest BCUT2D eigenvalue weighted by Crippen LogP contribution is -2.23. The molecule has 2 heterocycles. The number of benzene rings is 2. The van der Waals surface area contributed by atoms with Crippen molar-refractivity contribution in [3.05, 3.63) is 52.5 Å². The largest absolute Gasteiger partial charge is 0.383 e. The van der Waals surface area contributed by atoms with Crippen LogP contribution in [0.15, 0.2) is 46.2 Å². The number of halogens is 1. The van der Waals surface area contributed by atoms with Crippen LogP contribution in [-0.4, -0.2) is 18.6 Å². The second-order valence-electron chi connectivity index (χ2n) is 6.03. The Morgan fingerprint density at radius 3 is 2.64 bits per heavy atom. The molecule has 0 spiro atoms. The molecule has 3 aromatic rings. The molecule has 0 saturated carbocycles. The van der Waals surface area contributed by atoms with Gasteiger partial charge in [0.25, 0.3) is 0 Å². The zero-order valence-corrected chi connectivity index (χ0v) is 15.1. The Balaban J connectivity index is 2.12. The number of nitrogens with zero attached hydrogens (tertiary/aromatic N) is 2. The Morgan fingerprint density at radius 2 is 1.88 bits per heavy atom. The van der Waals surface area contributed by atoms with Gasteiger partial charge in [0.1, 0.15) is 5.82 Å². The van der Waals surface area contributed by atoms with Crippen molar-refractivity contribution >= 4 is 44.4 Å². The summed E-state index contributed by atoms with van der Waals surface area (Å²) >= 11 is 6.06. The molecule has 0 saturated heterocycles. The van der Waals surface area contributed by atoms with Crippen LogP contribution in [0, 0.1) is 13.8 Å². The number of hydrogen-bond donors (Lipinski definition) is 2. The minimum Gasteiger partial charge on any atom is -0.383 e. The first-order valence-corrected chi connectivity index (χ1v) is 9.42. The number of aryl methyl sites for hydroxylation is 2. The second-order valence-corrected chi connectivity index (χ2v) is 8.32. The molecule has 128 valence electrons. The van der Waals surface area contributed by atoms with E-state index in [0.29, 0.717) is 10.7 Å². The summed E-state index contributed by atoms with van der Waals surface area (Å²) in [5.41, 5.74) is 9.26. The van der Waals surface area contributed by atoms with Crippen LogP contribution >= 0.6 is 11.6 Å². The molecule has 0 amide bonds. The summed E-state index contributed by atoms with van der Waals surface area (Å²) in [4.78, 5) is 1.89. The van der Waals surface area contributed by atoms with Gasteiger partial charge in [0.2, 0.25) is 9.84 Å². The molecular formula is C17H15ClN4O2S. The summed E-state index contributed by atoms with van der Waals surface area (Å²) in [6.45, 7) is 3.94. The minimum atomic E-state index is -3.82. The summed E-state index contributed by atoms with van der Waals surface area (Å²) in [6.07, 6.45) is 0. The third-order valence-corrected chi connectivity index (χ3v) is 6.35. The van der Waals surface area contributed by atoms with Crippen LogP contribution in [0.2, 0.25) is 5.02 Å². The van der Waals surface area contributed by atoms with Gasteiger partial charge in [-0.1, -0.05) is 23.7 Å². The lowest BCUT2D eigenvalue weighted by Gasteiger charge is -2.31. The standard InChI is InChI=1S/C17H15ClN4O2S/c1-9-3-4-10(2)13(7-9)22-12-6-5-11(18)8-14(12)25(23,24)15-16(19)20-21-17(15)22/h3-8H,1-2H3,(H3,19,20,21). The van der Waals surface area contributed by atoms with Gasteiger partial charge in [-0.15, -0.1) is 0 Å². The number of hydrogen-bond acceptors (Lipinski definition) is 5. The van der Waals surface area contributed by atoms with Crippen LogP contribution in [0.5, 0.6) is 0 Å². The number of nitrogens with two attached hydrogens (primary N) is 1. The molecule has 8 heteroatoms. The second kappa shape index (κ2) is 5.24. The van der Waals surface area contributed by atoms with E-state index in [9.17, 15) is 8.42 Å². The van der Waals surface area contributed by atoms with Crippen LogP contribution in [0.3, 0.4) is 0 Å². The van der Waals surface area contributed by atoms with Crippen molar-refractivity contribution < 1.29 is 8.42 Å². The zero-order valence-electron chi connectivity index (χ0n) is 13.5. The predicted molar refractivity (Wildman–Crippen MR) is 97.6 cm³/mol. The number of H-pyrrole nitrogens is 1. The molecule has 6 nitrogen and oxygen atoms in total. The fourth-order valence-corrected chi connectivity index (χ4v) is 4.95. The van der Waals surface area contributed by atoms with Crippen LogP contribution < -0.4 is 10.6 Å². The lowest BCUT2D eigenvalue weighted by atomic mass is 10.1. The van der Waals surface area contributed by atoms with Gasteiger partial charge in [0.15, 0.2) is 10.7 Å². The SMILES string of the molecule is Cc1ccc(C)c(N2c3ccc(Cl)cc3S(=O)(=O)c3c2n[nH]c3N)c1. The molecule has 1 aliphatic heterocycles. The predicted octanol–water partition coefficient (Wildman–Crippen LogP) is 3.88. The fourth-order valence-electron chi connectivity index (χ4n) is 3.07. The number of anilines is 4. The molecule has 4 rings (SSSR count). The maximum absolute atomic E-state index is 13.0. The lowest BCUT2D eigenvalue weighted by molar-refractivity contribution is 0.595. The molecule has 0 aliphatic carbocycles. The van der Waals surface area contributed by atoms with Crippen molar-refractivity contribution in [2.75, 3.05) is 10.6 Å². The van der Waals surface area contributed by atoms with E-state index >= 15 is 0 Å². The monoisotopic (exact) mass is 374 g/mol. The van der Waals surface area contributed by atoms with Gasteiger partial charge >= 0.3 is 0 Å². The maximum Gasteiger partial charge on any atom is 0.216 e. The molecule has 2 aromatic carbocycles. The smallest absolute Gasteiger partial charge is 0.216 e. The van der Waals surface area contributed by atoms with E-state index in [0.717, 1.165) is 16.8 Å². The Hall–Kier alpha value is -2.51. The number of sulfone groups is 1. The molecule has 0 bridgehead atoms. The molecule has 0 fully saturated rings. The highest BCUT2D eigenvalue weighted by atomic mass is 35.5. The van der Waals surface area contributed by atoms with Crippen LogP contribution in [0.4, 0.5) is 23.0 Å². The minimum absolute atomic E-state index is 0.0101. The van der Waals surface area contributed by atoms with Crippen LogP contribution in [-0.2, 0) is 9.84 Å². The van der Waals surface area contributed by atoms with E-state index in [1.807, 2.05) is 32.0 Å². The van der Waals surface area contributed by atoms with Crippen molar-refractivity contribution in [2.24, 2.45) is 0 Å². The summed E-state index contributed by atoms with van der Waals surface area (Å²) < 4.78 is 26.1. The molecule has 3 N–H and O–H groups in total. The number of nitrogens with one attached hydrogen (secondary N) is 1. The van der Waals surface area contributed by atoms with Crippen molar-refractivity contribution in [1.29, 1.82) is 0 Å². The maximum atomic E-state index is 13.0. The summed E-state index contributed by atoms with van der Waals surface area (Å²) in [7, 11) is -3.82. The van der Waals surface area contributed by atoms with E-state index in [-0.39, 0.29) is 21.4 Å². The average Bonchev–Trinajstić information content (AvgIpc) is 2.94. The number of aromatic amines is 1. The normalized spacial score (nSPS) is 14.9. The molecule has 0 unspecified atom stereocenters. The first-order chi connectivity index (χ1) is 11.8. The first-order valence-electron chi connectivity index (χ1n) is 7.56. The van der Waals surface area contributed by atoms with E-state index in [1.54, 1.807) is 17.0 Å². The van der Waals surface area contributed by atoms with Crippen molar-refractivity contribution in [3.8, 4) is 0 Å². The van der Waals surface area contributed by atoms with E-state index in [2.05, 4.69) is 10.2 Å². The number of nitrogen functional groups attached to an aromatic ring is 1. The van der Waals surface area contributed by atoms with Gasteiger partial charge in [-0.05, 0) is 49.2 Å². The Kier molecular flexibility index (Phi) is 3.35. The number of fused-ring (bicyclic) bond motifs is 2. The van der Waals surface area contributed by atoms with E-state index in [1.165, 1.54) is 6.07 Å². The Labute approximate surface area is 150 Å². The third-order valence-electron chi connectivity index (χ3n) is 4.27. The average molecular weight is 375 g/mol. The fraction of sp³-hybridized carbons (Fsp3) is 0.118. The van der Waals surface area contributed by atoms with Crippen molar-refractivity contribution in [1.82, 2.24) is 10.2 Å². The van der Waals surface area contributed by atoms with Crippen molar-refractivity contribution in [3.63, 3.8) is 0 Å². The zero-order chi connectivity index (χ0) is 17.9. The van der Waals surface area contributed by atoms with Gasteiger partial charge in [-0.2, -0.15) is 5.10 Å².